The number of amides is 3. The van der Waals surface area contributed by atoms with Gasteiger partial charge in [-0.05, 0) is 18.8 Å². The molecule has 0 aromatic carbocycles. The van der Waals surface area contributed by atoms with Crippen molar-refractivity contribution in [3.63, 3.8) is 0 Å². The standard InChI is InChI=1S/C14H23N5O2/c1-17(8-9-6-4-5-7-9)13-15-11-10(18(13)2)12(20)16-14(21)19(11)3/h9-11H,4-8H2,1-3H3,(H,16,20,21). The largest absolute Gasteiger partial charge is 0.346 e. The molecule has 1 saturated carbocycles. The number of urea groups is 1. The SMILES string of the molecule is CN(CC1CCCC1)C1=NC2C(C(=O)NC(=O)N2C)N1C. The Kier molecular flexibility index (Phi) is 3.51. The van der Waals surface area contributed by atoms with Gasteiger partial charge in [0.2, 0.25) is 0 Å². The van der Waals surface area contributed by atoms with E-state index < -0.39 is 12.2 Å². The molecule has 0 spiro atoms. The van der Waals surface area contributed by atoms with Crippen LogP contribution in [0.4, 0.5) is 4.79 Å². The molecular weight excluding hydrogens is 270 g/mol. The van der Waals surface area contributed by atoms with Crippen molar-refractivity contribution in [3.8, 4) is 0 Å². The van der Waals surface area contributed by atoms with Crippen molar-refractivity contribution in [2.45, 2.75) is 37.9 Å². The number of carbonyl (C=O) groups excluding carboxylic acids is 2. The lowest BCUT2D eigenvalue weighted by atomic mass is 10.1. The van der Waals surface area contributed by atoms with Crippen LogP contribution in [0.2, 0.25) is 0 Å². The van der Waals surface area contributed by atoms with Crippen molar-refractivity contribution < 1.29 is 9.59 Å². The Morgan fingerprint density at radius 3 is 2.57 bits per heavy atom. The molecular formula is C14H23N5O2. The first kappa shape index (κ1) is 14.2. The molecule has 1 aliphatic carbocycles. The number of aliphatic imine (C=N–C) groups is 1. The van der Waals surface area contributed by atoms with Crippen LogP contribution < -0.4 is 5.32 Å². The van der Waals surface area contributed by atoms with E-state index in [0.29, 0.717) is 5.92 Å². The number of hydrogen-bond donors (Lipinski definition) is 1. The molecule has 7 heteroatoms. The topological polar surface area (TPSA) is 68.2 Å². The van der Waals surface area contributed by atoms with Gasteiger partial charge in [-0.2, -0.15) is 0 Å². The minimum atomic E-state index is -0.422. The molecule has 3 aliphatic rings. The summed E-state index contributed by atoms with van der Waals surface area (Å²) in [5.41, 5.74) is 0. The van der Waals surface area contributed by atoms with Gasteiger partial charge in [-0.15, -0.1) is 0 Å². The second kappa shape index (κ2) is 5.20. The number of nitrogens with one attached hydrogen (secondary N) is 1. The van der Waals surface area contributed by atoms with Crippen LogP contribution in [0.1, 0.15) is 25.7 Å². The smallest absolute Gasteiger partial charge is 0.325 e. The van der Waals surface area contributed by atoms with Crippen LogP contribution in [0, 0.1) is 5.92 Å². The van der Waals surface area contributed by atoms with Crippen molar-refractivity contribution in [2.75, 3.05) is 27.7 Å². The lowest BCUT2D eigenvalue weighted by Gasteiger charge is -2.35. The van der Waals surface area contributed by atoms with Crippen LogP contribution in [0.5, 0.6) is 0 Å². The average Bonchev–Trinajstić information content (AvgIpc) is 3.04. The van der Waals surface area contributed by atoms with E-state index in [1.807, 2.05) is 19.0 Å². The summed E-state index contributed by atoms with van der Waals surface area (Å²) in [6.45, 7) is 0.960. The van der Waals surface area contributed by atoms with Crippen molar-refractivity contribution >= 4 is 17.9 Å². The van der Waals surface area contributed by atoms with Gasteiger partial charge in [-0.25, -0.2) is 9.79 Å². The molecule has 1 N–H and O–H groups in total. The molecule has 7 nitrogen and oxygen atoms in total. The van der Waals surface area contributed by atoms with Gasteiger partial charge < -0.3 is 14.7 Å². The van der Waals surface area contributed by atoms with Crippen LogP contribution in [-0.2, 0) is 4.79 Å². The van der Waals surface area contributed by atoms with Gasteiger partial charge in [0.15, 0.2) is 18.2 Å². The molecule has 0 aromatic heterocycles. The summed E-state index contributed by atoms with van der Waals surface area (Å²) >= 11 is 0. The second-order valence-electron chi connectivity index (χ2n) is 6.33. The predicted octanol–water partition coefficient (Wildman–Crippen LogP) is 0.286. The molecule has 0 radical (unpaired) electrons. The molecule has 2 atom stereocenters. The summed E-state index contributed by atoms with van der Waals surface area (Å²) in [5, 5.41) is 2.38. The normalized spacial score (nSPS) is 29.6. The number of fused-ring (bicyclic) bond motifs is 1. The van der Waals surface area contributed by atoms with Gasteiger partial charge in [-0.3, -0.25) is 10.1 Å². The zero-order valence-corrected chi connectivity index (χ0v) is 12.9. The quantitative estimate of drug-likeness (QED) is 0.794. The number of guanidine groups is 1. The van der Waals surface area contributed by atoms with Crippen LogP contribution in [0.25, 0.3) is 0 Å². The molecule has 2 unspecified atom stereocenters. The van der Waals surface area contributed by atoms with Gasteiger partial charge in [0.25, 0.3) is 5.91 Å². The number of carbonyl (C=O) groups is 2. The molecule has 21 heavy (non-hydrogen) atoms. The van der Waals surface area contributed by atoms with E-state index in [0.717, 1.165) is 12.5 Å². The van der Waals surface area contributed by atoms with E-state index in [-0.39, 0.29) is 11.9 Å². The van der Waals surface area contributed by atoms with Crippen LogP contribution >= 0.6 is 0 Å². The molecule has 0 bridgehead atoms. The molecule has 2 heterocycles. The maximum absolute atomic E-state index is 12.1. The molecule has 3 amide bonds. The van der Waals surface area contributed by atoms with Crippen molar-refractivity contribution in [1.82, 2.24) is 20.0 Å². The van der Waals surface area contributed by atoms with Crippen LogP contribution in [-0.4, -0.2) is 72.5 Å². The molecule has 116 valence electrons. The van der Waals surface area contributed by atoms with E-state index >= 15 is 0 Å². The molecule has 1 saturated heterocycles. The fourth-order valence-electron chi connectivity index (χ4n) is 3.63. The van der Waals surface area contributed by atoms with E-state index in [1.54, 1.807) is 7.05 Å². The van der Waals surface area contributed by atoms with E-state index in [2.05, 4.69) is 15.2 Å². The van der Waals surface area contributed by atoms with E-state index in [1.165, 1.54) is 30.6 Å². The highest BCUT2D eigenvalue weighted by Crippen LogP contribution is 2.27. The maximum atomic E-state index is 12.1. The lowest BCUT2D eigenvalue weighted by Crippen LogP contribution is -2.63. The third kappa shape index (κ3) is 2.34. The van der Waals surface area contributed by atoms with Gasteiger partial charge in [0.05, 0.1) is 0 Å². The highest BCUT2D eigenvalue weighted by atomic mass is 16.2. The third-order valence-corrected chi connectivity index (χ3v) is 4.83. The highest BCUT2D eigenvalue weighted by Gasteiger charge is 2.48. The molecule has 0 aromatic rings. The Bertz CT molecular complexity index is 486. The zero-order chi connectivity index (χ0) is 15.1. The molecule has 3 rings (SSSR count). The second-order valence-corrected chi connectivity index (χ2v) is 6.33. The number of imide groups is 1. The minimum Gasteiger partial charge on any atom is -0.346 e. The minimum absolute atomic E-state index is 0.265. The summed E-state index contributed by atoms with van der Waals surface area (Å²) < 4.78 is 0. The van der Waals surface area contributed by atoms with Crippen molar-refractivity contribution in [1.29, 1.82) is 0 Å². The van der Waals surface area contributed by atoms with E-state index in [4.69, 9.17) is 0 Å². The Morgan fingerprint density at radius 2 is 1.90 bits per heavy atom. The molecule has 2 fully saturated rings. The zero-order valence-electron chi connectivity index (χ0n) is 12.9. The summed E-state index contributed by atoms with van der Waals surface area (Å²) in [7, 11) is 5.57. The first-order valence-corrected chi connectivity index (χ1v) is 7.58. The number of rotatable bonds is 2. The first-order chi connectivity index (χ1) is 9.99. The Morgan fingerprint density at radius 1 is 1.24 bits per heavy atom. The monoisotopic (exact) mass is 293 g/mol. The van der Waals surface area contributed by atoms with Crippen LogP contribution in [0.3, 0.4) is 0 Å². The van der Waals surface area contributed by atoms with Crippen molar-refractivity contribution in [2.24, 2.45) is 10.9 Å². The highest BCUT2D eigenvalue weighted by molar-refractivity contribution is 6.03. The van der Waals surface area contributed by atoms with Gasteiger partial charge in [-0.1, -0.05) is 12.8 Å². The summed E-state index contributed by atoms with van der Waals surface area (Å²) in [4.78, 5) is 33.9. The number of hydrogen-bond acceptors (Lipinski definition) is 5. The summed E-state index contributed by atoms with van der Waals surface area (Å²) in [5.74, 6) is 1.24. The summed E-state index contributed by atoms with van der Waals surface area (Å²) in [6, 6.07) is -0.799. The van der Waals surface area contributed by atoms with E-state index in [9.17, 15) is 9.59 Å². The fourth-order valence-corrected chi connectivity index (χ4v) is 3.63. The Labute approximate surface area is 125 Å². The van der Waals surface area contributed by atoms with Crippen LogP contribution in [0.15, 0.2) is 4.99 Å². The lowest BCUT2D eigenvalue weighted by molar-refractivity contribution is -0.126. The number of nitrogens with zero attached hydrogens (tertiary/aromatic N) is 4. The number of likely N-dealkylation sites (N-methyl/N-ethyl adjacent to an activating group) is 2. The predicted molar refractivity (Wildman–Crippen MR) is 78.7 cm³/mol. The molecule has 2 aliphatic heterocycles. The van der Waals surface area contributed by atoms with Gasteiger partial charge in [0.1, 0.15) is 0 Å². The van der Waals surface area contributed by atoms with Crippen molar-refractivity contribution in [3.05, 3.63) is 0 Å². The Balaban J connectivity index is 1.76. The van der Waals surface area contributed by atoms with Gasteiger partial charge in [0, 0.05) is 27.7 Å². The van der Waals surface area contributed by atoms with Gasteiger partial charge >= 0.3 is 6.03 Å². The maximum Gasteiger partial charge on any atom is 0.325 e. The Hall–Kier alpha value is -1.79. The summed E-state index contributed by atoms with van der Waals surface area (Å²) in [6.07, 6.45) is 4.75. The fraction of sp³-hybridized carbons (Fsp3) is 0.786. The first-order valence-electron chi connectivity index (χ1n) is 7.58. The third-order valence-electron chi connectivity index (χ3n) is 4.83. The average molecular weight is 293 g/mol.